The zero-order valence-electron chi connectivity index (χ0n) is 32.0. The Hall–Kier alpha value is -7.88. The summed E-state index contributed by atoms with van der Waals surface area (Å²) in [6.07, 6.45) is 0. The van der Waals surface area contributed by atoms with E-state index in [9.17, 15) is 0 Å². The molecule has 0 bridgehead atoms. The van der Waals surface area contributed by atoms with Gasteiger partial charge in [-0.05, 0) is 122 Å². The summed E-state index contributed by atoms with van der Waals surface area (Å²) in [6.45, 7) is 0. The molecular formula is C56H35NO2. The van der Waals surface area contributed by atoms with E-state index in [0.29, 0.717) is 0 Å². The van der Waals surface area contributed by atoms with Crippen LogP contribution in [0.3, 0.4) is 0 Å². The highest BCUT2D eigenvalue weighted by Crippen LogP contribution is 2.42. The first-order valence-electron chi connectivity index (χ1n) is 20.1. The normalized spacial score (nSPS) is 11.7. The summed E-state index contributed by atoms with van der Waals surface area (Å²) >= 11 is 0. The van der Waals surface area contributed by atoms with E-state index in [1.165, 1.54) is 49.2 Å². The maximum absolute atomic E-state index is 6.24. The molecule has 0 spiro atoms. The maximum Gasteiger partial charge on any atom is 0.136 e. The van der Waals surface area contributed by atoms with Gasteiger partial charge in [0.1, 0.15) is 22.3 Å². The van der Waals surface area contributed by atoms with E-state index in [1.54, 1.807) is 0 Å². The van der Waals surface area contributed by atoms with E-state index >= 15 is 0 Å². The molecule has 0 fully saturated rings. The van der Waals surface area contributed by atoms with Gasteiger partial charge in [0.2, 0.25) is 0 Å². The van der Waals surface area contributed by atoms with Gasteiger partial charge >= 0.3 is 0 Å². The summed E-state index contributed by atoms with van der Waals surface area (Å²) in [5.74, 6) is 0. The highest BCUT2D eigenvalue weighted by atomic mass is 16.3. The average molecular weight is 754 g/mol. The van der Waals surface area contributed by atoms with Crippen LogP contribution in [0.2, 0.25) is 0 Å². The third-order valence-electron chi connectivity index (χ3n) is 11.9. The molecule has 0 unspecified atom stereocenters. The fourth-order valence-electron chi connectivity index (χ4n) is 9.07. The van der Waals surface area contributed by atoms with Gasteiger partial charge in [-0.3, -0.25) is 0 Å². The SMILES string of the molecule is c1ccc(-c2ccc(N(c3ccc(-c4cccc5oc6ccccc6c45)cc3)c3ccc4c(-c5ccc6c(ccc7oc8ccccc8c76)c5)cccc4c3)cc2)cc1. The summed E-state index contributed by atoms with van der Waals surface area (Å²) in [6, 6.07) is 75.9. The molecule has 12 aromatic rings. The van der Waals surface area contributed by atoms with Crippen LogP contribution in [0.5, 0.6) is 0 Å². The van der Waals surface area contributed by atoms with E-state index in [1.807, 2.05) is 24.3 Å². The van der Waals surface area contributed by atoms with Crippen LogP contribution in [0, 0.1) is 0 Å². The van der Waals surface area contributed by atoms with Gasteiger partial charge in [0.15, 0.2) is 0 Å². The minimum Gasteiger partial charge on any atom is -0.456 e. The van der Waals surface area contributed by atoms with Crippen molar-refractivity contribution in [3.63, 3.8) is 0 Å². The standard InChI is InChI=1S/C56H35NO2/c1-2-10-36(11-3-1)37-20-26-42(27-21-37)57(43-28-22-38(23-29-43)47-16-9-19-53-55(47)49-13-4-6-17-51(49)58-53)44-30-32-46-39(35-44)12-8-15-45(46)40-24-31-48-41(34-40)25-33-54-56(48)50-14-5-7-18-52(50)59-54/h1-35H. The van der Waals surface area contributed by atoms with E-state index in [2.05, 4.69) is 193 Å². The van der Waals surface area contributed by atoms with Crippen molar-refractivity contribution in [1.82, 2.24) is 0 Å². The molecule has 2 heterocycles. The zero-order valence-corrected chi connectivity index (χ0v) is 32.0. The molecule has 0 amide bonds. The van der Waals surface area contributed by atoms with Crippen molar-refractivity contribution in [3.8, 4) is 33.4 Å². The Morgan fingerprint density at radius 1 is 0.271 bits per heavy atom. The Morgan fingerprint density at radius 3 is 1.58 bits per heavy atom. The van der Waals surface area contributed by atoms with E-state index < -0.39 is 0 Å². The summed E-state index contributed by atoms with van der Waals surface area (Å²) in [7, 11) is 0. The lowest BCUT2D eigenvalue weighted by Crippen LogP contribution is -2.10. The topological polar surface area (TPSA) is 29.5 Å². The summed E-state index contributed by atoms with van der Waals surface area (Å²) < 4.78 is 12.4. The summed E-state index contributed by atoms with van der Waals surface area (Å²) in [5, 5.41) is 9.38. The summed E-state index contributed by atoms with van der Waals surface area (Å²) in [4.78, 5) is 2.36. The molecule has 2 aromatic heterocycles. The van der Waals surface area contributed by atoms with E-state index in [4.69, 9.17) is 8.83 Å². The lowest BCUT2D eigenvalue weighted by Gasteiger charge is -2.26. The fourth-order valence-corrected chi connectivity index (χ4v) is 9.07. The first-order chi connectivity index (χ1) is 29.2. The number of benzene rings is 10. The minimum atomic E-state index is 0.899. The molecular weight excluding hydrogens is 719 g/mol. The zero-order chi connectivity index (χ0) is 38.9. The van der Waals surface area contributed by atoms with Crippen molar-refractivity contribution in [2.45, 2.75) is 0 Å². The van der Waals surface area contributed by atoms with Gasteiger partial charge in [0, 0.05) is 38.6 Å². The van der Waals surface area contributed by atoms with Gasteiger partial charge in [0.05, 0.1) is 0 Å². The first kappa shape index (κ1) is 33.3. The number of furan rings is 2. The molecule has 0 aliphatic heterocycles. The van der Waals surface area contributed by atoms with Gasteiger partial charge < -0.3 is 13.7 Å². The molecule has 59 heavy (non-hydrogen) atoms. The Bertz CT molecular complexity index is 3540. The van der Waals surface area contributed by atoms with Crippen LogP contribution in [0.15, 0.2) is 221 Å². The van der Waals surface area contributed by atoms with Crippen LogP contribution in [0.4, 0.5) is 17.1 Å². The number of para-hydroxylation sites is 2. The second-order valence-corrected chi connectivity index (χ2v) is 15.3. The quantitative estimate of drug-likeness (QED) is 0.169. The number of anilines is 3. The highest BCUT2D eigenvalue weighted by molar-refractivity contribution is 6.19. The Balaban J connectivity index is 0.961. The van der Waals surface area contributed by atoms with Crippen LogP contribution in [-0.2, 0) is 0 Å². The summed E-state index contributed by atoms with van der Waals surface area (Å²) in [5.41, 5.74) is 14.0. The van der Waals surface area contributed by atoms with Crippen molar-refractivity contribution in [3.05, 3.63) is 212 Å². The third kappa shape index (κ3) is 5.51. The Labute approximate surface area is 340 Å². The molecule has 10 aromatic carbocycles. The smallest absolute Gasteiger partial charge is 0.136 e. The Morgan fingerprint density at radius 2 is 0.814 bits per heavy atom. The van der Waals surface area contributed by atoms with Gasteiger partial charge in [0.25, 0.3) is 0 Å². The van der Waals surface area contributed by atoms with Crippen LogP contribution in [0.1, 0.15) is 0 Å². The van der Waals surface area contributed by atoms with Crippen LogP contribution in [-0.4, -0.2) is 0 Å². The van der Waals surface area contributed by atoms with Gasteiger partial charge in [-0.2, -0.15) is 0 Å². The third-order valence-corrected chi connectivity index (χ3v) is 11.9. The van der Waals surface area contributed by atoms with Crippen molar-refractivity contribution < 1.29 is 8.83 Å². The molecule has 0 atom stereocenters. The van der Waals surface area contributed by atoms with Crippen molar-refractivity contribution in [1.29, 1.82) is 0 Å². The lowest BCUT2D eigenvalue weighted by molar-refractivity contribution is 0.668. The largest absolute Gasteiger partial charge is 0.456 e. The molecule has 276 valence electrons. The number of rotatable bonds is 6. The van der Waals surface area contributed by atoms with Crippen molar-refractivity contribution in [2.24, 2.45) is 0 Å². The molecule has 0 radical (unpaired) electrons. The molecule has 0 aliphatic rings. The molecule has 0 aliphatic carbocycles. The fraction of sp³-hybridized carbons (Fsp3) is 0. The lowest BCUT2D eigenvalue weighted by atomic mass is 9.94. The molecule has 0 N–H and O–H groups in total. The Kier molecular flexibility index (Phi) is 7.54. The molecule has 0 saturated heterocycles. The van der Waals surface area contributed by atoms with Crippen LogP contribution >= 0.6 is 0 Å². The van der Waals surface area contributed by atoms with Gasteiger partial charge in [-0.25, -0.2) is 0 Å². The van der Waals surface area contributed by atoms with Crippen LogP contribution in [0.25, 0.3) is 98.8 Å². The van der Waals surface area contributed by atoms with Crippen molar-refractivity contribution in [2.75, 3.05) is 4.90 Å². The molecule has 3 nitrogen and oxygen atoms in total. The number of nitrogens with zero attached hydrogens (tertiary/aromatic N) is 1. The molecule has 12 rings (SSSR count). The molecule has 3 heteroatoms. The van der Waals surface area contributed by atoms with E-state index in [-0.39, 0.29) is 0 Å². The average Bonchev–Trinajstić information content (AvgIpc) is 3.88. The van der Waals surface area contributed by atoms with Crippen molar-refractivity contribution >= 4 is 82.5 Å². The number of fused-ring (bicyclic) bond motifs is 9. The van der Waals surface area contributed by atoms with Crippen LogP contribution < -0.4 is 4.90 Å². The van der Waals surface area contributed by atoms with E-state index in [0.717, 1.165) is 66.7 Å². The minimum absolute atomic E-state index is 0.899. The monoisotopic (exact) mass is 753 g/mol. The van der Waals surface area contributed by atoms with Gasteiger partial charge in [-0.1, -0.05) is 146 Å². The number of hydrogen-bond acceptors (Lipinski definition) is 3. The maximum atomic E-state index is 6.24. The highest BCUT2D eigenvalue weighted by Gasteiger charge is 2.18. The second-order valence-electron chi connectivity index (χ2n) is 15.3. The first-order valence-corrected chi connectivity index (χ1v) is 20.1. The number of hydrogen-bond donors (Lipinski definition) is 0. The molecule has 0 saturated carbocycles. The predicted octanol–water partition coefficient (Wildman–Crippen LogP) is 16.3. The predicted molar refractivity (Wildman–Crippen MR) is 247 cm³/mol. The van der Waals surface area contributed by atoms with Gasteiger partial charge in [-0.15, -0.1) is 0 Å². The second kappa shape index (κ2) is 13.4.